The van der Waals surface area contributed by atoms with E-state index in [2.05, 4.69) is 17.2 Å². The standard InChI is InChI=1S/C24H23N3O4/c1-26-24(30)20-10-6-5-9-19(20)21(25-26)15-23(29)31-16-22(28)27-13-11-18(12-14-27)17-7-3-2-4-8-17/h2-11H,12-16H2,1H3. The lowest BCUT2D eigenvalue weighted by Gasteiger charge is -2.26. The summed E-state index contributed by atoms with van der Waals surface area (Å²) in [6, 6.07) is 17.1. The van der Waals surface area contributed by atoms with Gasteiger partial charge >= 0.3 is 5.97 Å². The van der Waals surface area contributed by atoms with Gasteiger partial charge in [0.15, 0.2) is 6.61 Å². The van der Waals surface area contributed by atoms with Gasteiger partial charge in [0.1, 0.15) is 0 Å². The van der Waals surface area contributed by atoms with Crippen LogP contribution in [0.1, 0.15) is 17.7 Å². The molecule has 0 atom stereocenters. The number of aryl methyl sites for hydroxylation is 1. The molecule has 0 saturated heterocycles. The Morgan fingerprint density at radius 1 is 1.03 bits per heavy atom. The van der Waals surface area contributed by atoms with E-state index < -0.39 is 5.97 Å². The number of esters is 1. The van der Waals surface area contributed by atoms with Crippen molar-refractivity contribution < 1.29 is 14.3 Å². The molecule has 158 valence electrons. The summed E-state index contributed by atoms with van der Waals surface area (Å²) in [6.07, 6.45) is 2.69. The summed E-state index contributed by atoms with van der Waals surface area (Å²) in [5, 5.41) is 5.30. The highest BCUT2D eigenvalue weighted by molar-refractivity contribution is 5.88. The second kappa shape index (κ2) is 8.95. The Labute approximate surface area is 179 Å². The van der Waals surface area contributed by atoms with Crippen LogP contribution in [0.3, 0.4) is 0 Å². The number of ether oxygens (including phenoxy) is 1. The second-order valence-electron chi connectivity index (χ2n) is 7.44. The third kappa shape index (κ3) is 4.55. The van der Waals surface area contributed by atoms with Crippen LogP contribution in [0.5, 0.6) is 0 Å². The van der Waals surface area contributed by atoms with E-state index in [9.17, 15) is 14.4 Å². The van der Waals surface area contributed by atoms with Gasteiger partial charge in [-0.15, -0.1) is 0 Å². The molecule has 0 N–H and O–H groups in total. The van der Waals surface area contributed by atoms with Crippen molar-refractivity contribution >= 4 is 28.2 Å². The zero-order chi connectivity index (χ0) is 21.8. The normalized spacial score (nSPS) is 13.7. The maximum atomic E-state index is 12.5. The molecule has 2 aromatic carbocycles. The average molecular weight is 417 g/mol. The molecule has 31 heavy (non-hydrogen) atoms. The zero-order valence-corrected chi connectivity index (χ0v) is 17.3. The molecular weight excluding hydrogens is 394 g/mol. The molecule has 0 radical (unpaired) electrons. The first-order valence-electron chi connectivity index (χ1n) is 10.2. The van der Waals surface area contributed by atoms with E-state index in [0.29, 0.717) is 29.6 Å². The third-order valence-electron chi connectivity index (χ3n) is 5.41. The van der Waals surface area contributed by atoms with Gasteiger partial charge in [-0.3, -0.25) is 14.4 Å². The van der Waals surface area contributed by atoms with Gasteiger partial charge in [0.05, 0.1) is 17.5 Å². The molecule has 0 spiro atoms. The molecule has 0 unspecified atom stereocenters. The first kappa shape index (κ1) is 20.5. The molecule has 2 heterocycles. The highest BCUT2D eigenvalue weighted by Gasteiger charge is 2.20. The van der Waals surface area contributed by atoms with Crippen molar-refractivity contribution in [2.24, 2.45) is 7.05 Å². The van der Waals surface area contributed by atoms with Crippen molar-refractivity contribution in [2.45, 2.75) is 12.8 Å². The minimum atomic E-state index is -0.554. The summed E-state index contributed by atoms with van der Waals surface area (Å²) in [5.41, 5.74) is 2.60. The fraction of sp³-hybridized carbons (Fsp3) is 0.250. The molecule has 7 heteroatoms. The molecule has 1 amide bonds. The number of amides is 1. The molecule has 1 aliphatic heterocycles. The van der Waals surface area contributed by atoms with Crippen LogP contribution in [0.15, 0.2) is 65.5 Å². The van der Waals surface area contributed by atoms with Gasteiger partial charge < -0.3 is 9.64 Å². The van der Waals surface area contributed by atoms with Gasteiger partial charge in [-0.2, -0.15) is 5.10 Å². The quantitative estimate of drug-likeness (QED) is 0.595. The van der Waals surface area contributed by atoms with Crippen LogP contribution in [0, 0.1) is 0 Å². The van der Waals surface area contributed by atoms with Gasteiger partial charge in [-0.05, 0) is 23.6 Å². The predicted molar refractivity (Wildman–Crippen MR) is 117 cm³/mol. The summed E-state index contributed by atoms with van der Waals surface area (Å²) >= 11 is 0. The lowest BCUT2D eigenvalue weighted by atomic mass is 10.00. The van der Waals surface area contributed by atoms with E-state index in [1.807, 2.05) is 24.3 Å². The molecule has 4 rings (SSSR count). The van der Waals surface area contributed by atoms with Crippen LogP contribution >= 0.6 is 0 Å². The van der Waals surface area contributed by atoms with Crippen LogP contribution in [0.2, 0.25) is 0 Å². The van der Waals surface area contributed by atoms with Crippen LogP contribution in [-0.2, 0) is 27.8 Å². The third-order valence-corrected chi connectivity index (χ3v) is 5.41. The topological polar surface area (TPSA) is 81.5 Å². The Morgan fingerprint density at radius 3 is 2.45 bits per heavy atom. The predicted octanol–water partition coefficient (Wildman–Crippen LogP) is 2.34. The number of hydrogen-bond donors (Lipinski definition) is 0. The summed E-state index contributed by atoms with van der Waals surface area (Å²) in [6.45, 7) is 0.773. The Bertz CT molecular complexity index is 1210. The number of nitrogens with zero attached hydrogens (tertiary/aromatic N) is 3. The number of aromatic nitrogens is 2. The molecular formula is C24H23N3O4. The number of fused-ring (bicyclic) bond motifs is 1. The first-order chi connectivity index (χ1) is 15.0. The zero-order valence-electron chi connectivity index (χ0n) is 17.3. The lowest BCUT2D eigenvalue weighted by molar-refractivity contribution is -0.151. The van der Waals surface area contributed by atoms with E-state index in [1.54, 1.807) is 36.2 Å². The Balaban J connectivity index is 1.35. The maximum Gasteiger partial charge on any atom is 0.312 e. The number of rotatable bonds is 5. The van der Waals surface area contributed by atoms with Crippen molar-refractivity contribution in [3.05, 3.63) is 82.3 Å². The summed E-state index contributed by atoms with van der Waals surface area (Å²) < 4.78 is 6.42. The van der Waals surface area contributed by atoms with Crippen molar-refractivity contribution in [1.82, 2.24) is 14.7 Å². The number of hydrogen-bond acceptors (Lipinski definition) is 5. The summed E-state index contributed by atoms with van der Waals surface area (Å²) in [7, 11) is 1.54. The Hall–Kier alpha value is -3.74. The van der Waals surface area contributed by atoms with Crippen LogP contribution < -0.4 is 5.56 Å². The molecule has 0 aliphatic carbocycles. The van der Waals surface area contributed by atoms with Crippen molar-refractivity contribution in [3.8, 4) is 0 Å². The molecule has 0 saturated carbocycles. The average Bonchev–Trinajstić information content (AvgIpc) is 2.81. The Kier molecular flexibility index (Phi) is 5.93. The van der Waals surface area contributed by atoms with E-state index in [1.165, 1.54) is 10.3 Å². The largest absolute Gasteiger partial charge is 0.455 e. The fourth-order valence-electron chi connectivity index (χ4n) is 3.74. The maximum absolute atomic E-state index is 12.5. The minimum Gasteiger partial charge on any atom is -0.455 e. The minimum absolute atomic E-state index is 0.111. The number of carbonyl (C=O) groups is 2. The lowest BCUT2D eigenvalue weighted by Crippen LogP contribution is -2.37. The molecule has 1 aromatic heterocycles. The molecule has 0 bridgehead atoms. The van der Waals surface area contributed by atoms with Gasteiger partial charge in [-0.1, -0.05) is 54.6 Å². The van der Waals surface area contributed by atoms with Crippen molar-refractivity contribution in [3.63, 3.8) is 0 Å². The second-order valence-corrected chi connectivity index (χ2v) is 7.44. The first-order valence-corrected chi connectivity index (χ1v) is 10.2. The number of benzene rings is 2. The molecule has 3 aromatic rings. The smallest absolute Gasteiger partial charge is 0.312 e. The molecule has 0 fully saturated rings. The highest BCUT2D eigenvalue weighted by atomic mass is 16.5. The van der Waals surface area contributed by atoms with Crippen LogP contribution in [-0.4, -0.2) is 46.3 Å². The highest BCUT2D eigenvalue weighted by Crippen LogP contribution is 2.22. The van der Waals surface area contributed by atoms with Crippen molar-refractivity contribution in [2.75, 3.05) is 19.7 Å². The number of carbonyl (C=O) groups excluding carboxylic acids is 2. The van der Waals surface area contributed by atoms with E-state index in [-0.39, 0.29) is 24.5 Å². The van der Waals surface area contributed by atoms with E-state index in [0.717, 1.165) is 12.0 Å². The van der Waals surface area contributed by atoms with E-state index >= 15 is 0 Å². The van der Waals surface area contributed by atoms with Crippen LogP contribution in [0.25, 0.3) is 16.3 Å². The van der Waals surface area contributed by atoms with Crippen LogP contribution in [0.4, 0.5) is 0 Å². The van der Waals surface area contributed by atoms with Gasteiger partial charge in [-0.25, -0.2) is 4.68 Å². The monoisotopic (exact) mass is 417 g/mol. The summed E-state index contributed by atoms with van der Waals surface area (Å²) in [5.74, 6) is -0.780. The molecule has 7 nitrogen and oxygen atoms in total. The van der Waals surface area contributed by atoms with E-state index in [4.69, 9.17) is 4.74 Å². The van der Waals surface area contributed by atoms with Gasteiger partial charge in [0.2, 0.25) is 0 Å². The fourth-order valence-corrected chi connectivity index (χ4v) is 3.74. The van der Waals surface area contributed by atoms with Gasteiger partial charge in [0, 0.05) is 25.5 Å². The van der Waals surface area contributed by atoms with Crippen molar-refractivity contribution in [1.29, 1.82) is 0 Å². The molecule has 1 aliphatic rings. The van der Waals surface area contributed by atoms with Gasteiger partial charge in [0.25, 0.3) is 11.5 Å². The SMILES string of the molecule is Cn1nc(CC(=O)OCC(=O)N2CC=C(c3ccccc3)CC2)c2ccccc2c1=O. The summed E-state index contributed by atoms with van der Waals surface area (Å²) in [4.78, 5) is 38.7. The Morgan fingerprint density at radius 2 is 1.74 bits per heavy atom.